The van der Waals surface area contributed by atoms with Crippen LogP contribution in [0.5, 0.6) is 0 Å². The minimum absolute atomic E-state index is 0.398. The van der Waals surface area contributed by atoms with Crippen LogP contribution in [0.1, 0.15) is 24.8 Å². The molecule has 2 nitrogen and oxygen atoms in total. The Labute approximate surface area is 127 Å². The molecule has 0 aliphatic carbocycles. The van der Waals surface area contributed by atoms with Gasteiger partial charge < -0.3 is 4.90 Å². The molecular weight excluding hydrogens is 301 g/mol. The van der Waals surface area contributed by atoms with E-state index < -0.39 is 11.7 Å². The number of hydrogen-bond acceptors (Lipinski definition) is 2. The number of benzene rings is 1. The first-order chi connectivity index (χ1) is 9.95. The zero-order chi connectivity index (χ0) is 15.0. The lowest BCUT2D eigenvalue weighted by molar-refractivity contribution is -0.137. The summed E-state index contributed by atoms with van der Waals surface area (Å²) >= 11 is 6.15. The van der Waals surface area contributed by atoms with Gasteiger partial charge in [-0.05, 0) is 44.0 Å². The lowest BCUT2D eigenvalue weighted by Gasteiger charge is -2.28. The van der Waals surface area contributed by atoms with Crippen molar-refractivity contribution in [3.63, 3.8) is 0 Å². The summed E-state index contributed by atoms with van der Waals surface area (Å²) in [5.74, 6) is 0. The molecule has 116 valence electrons. The Hall–Kier alpha value is -0.940. The molecule has 0 amide bonds. The number of fused-ring (bicyclic) bond motifs is 1. The van der Waals surface area contributed by atoms with Crippen molar-refractivity contribution >= 4 is 17.3 Å². The monoisotopic (exact) mass is 318 g/mol. The average Bonchev–Trinajstić information content (AvgIpc) is 2.75. The van der Waals surface area contributed by atoms with Crippen LogP contribution in [0.3, 0.4) is 0 Å². The predicted octanol–water partition coefficient (Wildman–Crippen LogP) is 4.03. The van der Waals surface area contributed by atoms with E-state index in [1.165, 1.54) is 18.6 Å². The largest absolute Gasteiger partial charge is 0.416 e. The van der Waals surface area contributed by atoms with Gasteiger partial charge in [0.05, 0.1) is 16.3 Å². The molecule has 1 atom stereocenters. The summed E-state index contributed by atoms with van der Waals surface area (Å²) < 4.78 is 38.7. The van der Waals surface area contributed by atoms with E-state index in [0.29, 0.717) is 16.8 Å². The molecule has 3 rings (SSSR count). The first-order valence-electron chi connectivity index (χ1n) is 7.31. The molecule has 0 aromatic heterocycles. The summed E-state index contributed by atoms with van der Waals surface area (Å²) in [5, 5.41) is 0.398. The fourth-order valence-electron chi connectivity index (χ4n) is 3.36. The van der Waals surface area contributed by atoms with Gasteiger partial charge >= 0.3 is 6.18 Å². The molecule has 1 aromatic carbocycles. The molecule has 0 spiro atoms. The van der Waals surface area contributed by atoms with Gasteiger partial charge in [-0.2, -0.15) is 13.2 Å². The number of halogens is 4. The standard InChI is InChI=1S/C15H18ClF3N2/c16-13-5-4-11(15(17,18)19)9-14(13)21-8-2-7-20-6-1-3-12(20)10-21/h4-5,9,12H,1-3,6-8,10H2. The van der Waals surface area contributed by atoms with Crippen LogP contribution < -0.4 is 4.90 Å². The topological polar surface area (TPSA) is 6.48 Å². The van der Waals surface area contributed by atoms with Crippen molar-refractivity contribution in [1.29, 1.82) is 0 Å². The van der Waals surface area contributed by atoms with Crippen LogP contribution in [0.15, 0.2) is 18.2 Å². The first kappa shape index (κ1) is 15.0. The minimum Gasteiger partial charge on any atom is -0.369 e. The van der Waals surface area contributed by atoms with Gasteiger partial charge in [0.2, 0.25) is 0 Å². The Balaban J connectivity index is 1.88. The molecule has 1 unspecified atom stereocenters. The van der Waals surface area contributed by atoms with Gasteiger partial charge in [0.25, 0.3) is 0 Å². The molecule has 2 heterocycles. The lowest BCUT2D eigenvalue weighted by Crippen LogP contribution is -2.36. The second-order valence-corrected chi connectivity index (χ2v) is 6.20. The number of hydrogen-bond donors (Lipinski definition) is 0. The molecule has 1 aromatic rings. The maximum Gasteiger partial charge on any atom is 0.416 e. The Bertz CT molecular complexity index is 518. The fraction of sp³-hybridized carbons (Fsp3) is 0.600. The third kappa shape index (κ3) is 3.14. The number of rotatable bonds is 1. The third-order valence-corrected chi connectivity index (χ3v) is 4.74. The summed E-state index contributed by atoms with van der Waals surface area (Å²) in [6, 6.07) is 4.04. The quantitative estimate of drug-likeness (QED) is 0.771. The van der Waals surface area contributed by atoms with E-state index >= 15 is 0 Å². The van der Waals surface area contributed by atoms with Gasteiger partial charge in [-0.1, -0.05) is 11.6 Å². The van der Waals surface area contributed by atoms with Crippen LogP contribution in [0.4, 0.5) is 18.9 Å². The Morgan fingerprint density at radius 2 is 1.86 bits per heavy atom. The highest BCUT2D eigenvalue weighted by Crippen LogP contribution is 2.36. The molecular formula is C15H18ClF3N2. The van der Waals surface area contributed by atoms with E-state index in [9.17, 15) is 13.2 Å². The summed E-state index contributed by atoms with van der Waals surface area (Å²) in [6.07, 6.45) is -1.07. The number of nitrogens with zero attached hydrogens (tertiary/aromatic N) is 2. The van der Waals surface area contributed by atoms with E-state index in [1.807, 2.05) is 4.90 Å². The minimum atomic E-state index is -4.33. The Morgan fingerprint density at radius 3 is 2.62 bits per heavy atom. The Morgan fingerprint density at radius 1 is 1.10 bits per heavy atom. The molecule has 0 bridgehead atoms. The van der Waals surface area contributed by atoms with Crippen LogP contribution in [-0.2, 0) is 6.18 Å². The maximum absolute atomic E-state index is 12.9. The average molecular weight is 319 g/mol. The van der Waals surface area contributed by atoms with Crippen molar-refractivity contribution in [2.45, 2.75) is 31.5 Å². The molecule has 6 heteroatoms. The van der Waals surface area contributed by atoms with Gasteiger partial charge in [0, 0.05) is 25.7 Å². The van der Waals surface area contributed by atoms with E-state index in [2.05, 4.69) is 4.90 Å². The van der Waals surface area contributed by atoms with Crippen molar-refractivity contribution < 1.29 is 13.2 Å². The van der Waals surface area contributed by atoms with E-state index in [4.69, 9.17) is 11.6 Å². The van der Waals surface area contributed by atoms with Gasteiger partial charge in [0.15, 0.2) is 0 Å². The van der Waals surface area contributed by atoms with Gasteiger partial charge in [-0.25, -0.2) is 0 Å². The number of alkyl halides is 3. The summed E-state index contributed by atoms with van der Waals surface area (Å²) in [4.78, 5) is 4.47. The highest BCUT2D eigenvalue weighted by Gasteiger charge is 2.33. The van der Waals surface area contributed by atoms with Crippen LogP contribution >= 0.6 is 11.6 Å². The van der Waals surface area contributed by atoms with Crippen molar-refractivity contribution in [3.8, 4) is 0 Å². The van der Waals surface area contributed by atoms with Crippen LogP contribution in [0.25, 0.3) is 0 Å². The molecule has 2 aliphatic rings. The van der Waals surface area contributed by atoms with Gasteiger partial charge in [-0.15, -0.1) is 0 Å². The summed E-state index contributed by atoms with van der Waals surface area (Å²) in [5.41, 5.74) is -0.116. The predicted molar refractivity (Wildman–Crippen MR) is 77.9 cm³/mol. The second-order valence-electron chi connectivity index (χ2n) is 5.80. The van der Waals surface area contributed by atoms with Gasteiger partial charge in [0.1, 0.15) is 0 Å². The number of anilines is 1. The lowest BCUT2D eigenvalue weighted by atomic mass is 10.1. The SMILES string of the molecule is FC(F)(F)c1ccc(Cl)c(N2CCCN3CCCC3C2)c1. The fourth-order valence-corrected chi connectivity index (χ4v) is 3.59. The van der Waals surface area contributed by atoms with Crippen LogP contribution in [-0.4, -0.2) is 37.1 Å². The molecule has 2 fully saturated rings. The Kier molecular flexibility index (Phi) is 4.06. The van der Waals surface area contributed by atoms with E-state index in [1.54, 1.807) is 0 Å². The smallest absolute Gasteiger partial charge is 0.369 e. The second kappa shape index (κ2) is 5.69. The van der Waals surface area contributed by atoms with Gasteiger partial charge in [-0.3, -0.25) is 4.90 Å². The zero-order valence-corrected chi connectivity index (χ0v) is 12.4. The molecule has 2 saturated heterocycles. The van der Waals surface area contributed by atoms with E-state index in [-0.39, 0.29) is 0 Å². The highest BCUT2D eigenvalue weighted by atomic mass is 35.5. The summed E-state index contributed by atoms with van der Waals surface area (Å²) in [6.45, 7) is 3.65. The van der Waals surface area contributed by atoms with Crippen molar-refractivity contribution in [2.75, 3.05) is 31.1 Å². The highest BCUT2D eigenvalue weighted by molar-refractivity contribution is 6.33. The van der Waals surface area contributed by atoms with Crippen LogP contribution in [0.2, 0.25) is 5.02 Å². The van der Waals surface area contributed by atoms with E-state index in [0.717, 1.165) is 45.1 Å². The van der Waals surface area contributed by atoms with Crippen molar-refractivity contribution in [1.82, 2.24) is 4.90 Å². The molecule has 0 saturated carbocycles. The van der Waals surface area contributed by atoms with Crippen LogP contribution in [0, 0.1) is 0 Å². The third-order valence-electron chi connectivity index (χ3n) is 4.42. The van der Waals surface area contributed by atoms with Crippen molar-refractivity contribution in [3.05, 3.63) is 28.8 Å². The molecule has 0 N–H and O–H groups in total. The molecule has 0 radical (unpaired) electrons. The van der Waals surface area contributed by atoms with Crippen molar-refractivity contribution in [2.24, 2.45) is 0 Å². The first-order valence-corrected chi connectivity index (χ1v) is 7.69. The summed E-state index contributed by atoms with van der Waals surface area (Å²) in [7, 11) is 0. The zero-order valence-electron chi connectivity index (χ0n) is 11.7. The molecule has 2 aliphatic heterocycles. The maximum atomic E-state index is 12.9. The molecule has 21 heavy (non-hydrogen) atoms. The normalized spacial score (nSPS) is 24.0.